The van der Waals surface area contributed by atoms with Crippen molar-refractivity contribution in [1.82, 2.24) is 10.2 Å². The Morgan fingerprint density at radius 2 is 2.39 bits per heavy atom. The molecule has 0 radical (unpaired) electrons. The van der Waals surface area contributed by atoms with Crippen LogP contribution in [0, 0.1) is 5.41 Å². The molecule has 0 spiro atoms. The zero-order valence-corrected chi connectivity index (χ0v) is 12.9. The average Bonchev–Trinajstić information content (AvgIpc) is 2.92. The van der Waals surface area contributed by atoms with Gasteiger partial charge in [0, 0.05) is 30.6 Å². The molecule has 102 valence electrons. The lowest BCUT2D eigenvalue weighted by Gasteiger charge is -2.38. The van der Waals surface area contributed by atoms with Gasteiger partial charge in [-0.25, -0.2) is 0 Å². The number of halogens is 1. The van der Waals surface area contributed by atoms with Crippen molar-refractivity contribution in [3.05, 3.63) is 21.9 Å². The van der Waals surface area contributed by atoms with Crippen LogP contribution in [0.15, 0.2) is 11.4 Å². The molecule has 0 aromatic carbocycles. The molecule has 2 aliphatic rings. The van der Waals surface area contributed by atoms with Gasteiger partial charge in [-0.2, -0.15) is 0 Å². The second kappa shape index (κ2) is 5.49. The van der Waals surface area contributed by atoms with E-state index in [0.717, 1.165) is 0 Å². The molecule has 1 aromatic heterocycles. The number of nitrogens with one attached hydrogen (secondary N) is 1. The summed E-state index contributed by atoms with van der Waals surface area (Å²) in [6, 6.07) is 2.94. The number of rotatable bonds is 2. The zero-order chi connectivity index (χ0) is 11.9. The van der Waals surface area contributed by atoms with Crippen molar-refractivity contribution in [2.75, 3.05) is 26.2 Å². The first-order chi connectivity index (χ1) is 8.18. The van der Waals surface area contributed by atoms with Gasteiger partial charge in [0.25, 0.3) is 0 Å². The molecule has 1 aromatic rings. The lowest BCUT2D eigenvalue weighted by atomic mass is 9.87. The maximum atomic E-state index is 3.51. The van der Waals surface area contributed by atoms with Crippen molar-refractivity contribution in [3.8, 4) is 0 Å². The Bertz CT molecular complexity index is 398. The molecule has 4 heteroatoms. The Morgan fingerprint density at radius 3 is 3.11 bits per heavy atom. The minimum absolute atomic E-state index is 0. The smallest absolute Gasteiger partial charge is 0.0331 e. The van der Waals surface area contributed by atoms with Crippen LogP contribution in [-0.4, -0.2) is 31.1 Å². The molecule has 0 aliphatic carbocycles. The third-order valence-electron chi connectivity index (χ3n) is 4.45. The molecule has 1 fully saturated rings. The molecular weight excluding hydrogens is 264 g/mol. The first-order valence-corrected chi connectivity index (χ1v) is 7.57. The molecule has 2 unspecified atom stereocenters. The molecule has 2 nitrogen and oxygen atoms in total. The number of hydrogen-bond donors (Lipinski definition) is 1. The van der Waals surface area contributed by atoms with Gasteiger partial charge < -0.3 is 5.32 Å². The van der Waals surface area contributed by atoms with Crippen molar-refractivity contribution in [2.24, 2.45) is 5.41 Å². The van der Waals surface area contributed by atoms with Gasteiger partial charge in [-0.15, -0.1) is 23.7 Å². The lowest BCUT2D eigenvalue weighted by Crippen LogP contribution is -2.41. The fraction of sp³-hybridized carbons (Fsp3) is 0.714. The fourth-order valence-electron chi connectivity index (χ4n) is 3.27. The predicted octanol–water partition coefficient (Wildman–Crippen LogP) is 3.09. The van der Waals surface area contributed by atoms with Crippen molar-refractivity contribution < 1.29 is 0 Å². The maximum Gasteiger partial charge on any atom is 0.0331 e. The van der Waals surface area contributed by atoms with Crippen LogP contribution >= 0.6 is 23.7 Å². The molecule has 2 aliphatic heterocycles. The van der Waals surface area contributed by atoms with Crippen molar-refractivity contribution >= 4 is 23.7 Å². The summed E-state index contributed by atoms with van der Waals surface area (Å²) in [5, 5.41) is 5.76. The van der Waals surface area contributed by atoms with E-state index in [-0.39, 0.29) is 12.4 Å². The minimum atomic E-state index is 0. The van der Waals surface area contributed by atoms with E-state index in [1.54, 1.807) is 10.4 Å². The molecule has 1 N–H and O–H groups in total. The quantitative estimate of drug-likeness (QED) is 0.899. The second-order valence-corrected chi connectivity index (χ2v) is 6.93. The third kappa shape index (κ3) is 2.60. The van der Waals surface area contributed by atoms with Gasteiger partial charge in [0.15, 0.2) is 0 Å². The largest absolute Gasteiger partial charge is 0.316 e. The van der Waals surface area contributed by atoms with Gasteiger partial charge >= 0.3 is 0 Å². The number of thiophene rings is 1. The second-order valence-electron chi connectivity index (χ2n) is 5.93. The summed E-state index contributed by atoms with van der Waals surface area (Å²) in [5.74, 6) is 0. The molecule has 2 atom stereocenters. The van der Waals surface area contributed by atoms with E-state index < -0.39 is 0 Å². The van der Waals surface area contributed by atoms with Gasteiger partial charge in [0.1, 0.15) is 0 Å². The van der Waals surface area contributed by atoms with E-state index in [1.807, 2.05) is 11.3 Å². The van der Waals surface area contributed by atoms with Crippen LogP contribution in [0.25, 0.3) is 0 Å². The molecule has 18 heavy (non-hydrogen) atoms. The Hall–Kier alpha value is -0.0900. The van der Waals surface area contributed by atoms with Crippen molar-refractivity contribution in [3.63, 3.8) is 0 Å². The Morgan fingerprint density at radius 1 is 1.56 bits per heavy atom. The number of nitrogens with zero attached hydrogens (tertiary/aromatic N) is 1. The molecule has 3 heterocycles. The van der Waals surface area contributed by atoms with Crippen molar-refractivity contribution in [2.45, 2.75) is 32.7 Å². The van der Waals surface area contributed by atoms with Gasteiger partial charge in [-0.1, -0.05) is 6.92 Å². The standard InChI is InChI=1S/C14H22N2S.ClH/c1-11-12-4-8-17-13(12)3-7-16(11)10-14(2)5-6-15-9-14;/h4,8,11,15H,3,5-7,9-10H2,1-2H3;1H. The summed E-state index contributed by atoms with van der Waals surface area (Å²) in [6.45, 7) is 9.68. The summed E-state index contributed by atoms with van der Waals surface area (Å²) in [5.41, 5.74) is 2.07. The van der Waals surface area contributed by atoms with E-state index in [1.165, 1.54) is 39.0 Å². The summed E-state index contributed by atoms with van der Waals surface area (Å²) in [4.78, 5) is 4.30. The Labute approximate surface area is 120 Å². The SMILES string of the molecule is CC1c2ccsc2CCN1CC1(C)CCNC1.Cl. The summed E-state index contributed by atoms with van der Waals surface area (Å²) < 4.78 is 0. The summed E-state index contributed by atoms with van der Waals surface area (Å²) in [7, 11) is 0. The molecule has 0 amide bonds. The van der Waals surface area contributed by atoms with Gasteiger partial charge in [0.05, 0.1) is 0 Å². The zero-order valence-electron chi connectivity index (χ0n) is 11.2. The first kappa shape index (κ1) is 14.3. The maximum absolute atomic E-state index is 3.51. The number of fused-ring (bicyclic) bond motifs is 1. The third-order valence-corrected chi connectivity index (χ3v) is 5.44. The molecule has 0 bridgehead atoms. The van der Waals surface area contributed by atoms with Crippen molar-refractivity contribution in [1.29, 1.82) is 0 Å². The van der Waals surface area contributed by atoms with Crippen LogP contribution in [-0.2, 0) is 6.42 Å². The Balaban J connectivity index is 0.00000120. The fourth-order valence-corrected chi connectivity index (χ4v) is 4.23. The van der Waals surface area contributed by atoms with E-state index in [9.17, 15) is 0 Å². The van der Waals surface area contributed by atoms with Crippen LogP contribution in [0.4, 0.5) is 0 Å². The highest BCUT2D eigenvalue weighted by atomic mass is 35.5. The van der Waals surface area contributed by atoms with Gasteiger partial charge in [0.2, 0.25) is 0 Å². The van der Waals surface area contributed by atoms with Crippen LogP contribution in [0.2, 0.25) is 0 Å². The number of hydrogen-bond acceptors (Lipinski definition) is 3. The highest BCUT2D eigenvalue weighted by Gasteiger charge is 2.34. The predicted molar refractivity (Wildman–Crippen MR) is 80.9 cm³/mol. The van der Waals surface area contributed by atoms with Crippen LogP contribution in [0.5, 0.6) is 0 Å². The van der Waals surface area contributed by atoms with E-state index in [2.05, 4.69) is 35.5 Å². The van der Waals surface area contributed by atoms with Crippen LogP contribution < -0.4 is 5.32 Å². The van der Waals surface area contributed by atoms with Crippen LogP contribution in [0.1, 0.15) is 36.8 Å². The average molecular weight is 287 g/mol. The van der Waals surface area contributed by atoms with Gasteiger partial charge in [-0.3, -0.25) is 4.90 Å². The van der Waals surface area contributed by atoms with Gasteiger partial charge in [-0.05, 0) is 48.7 Å². The molecule has 1 saturated heterocycles. The summed E-state index contributed by atoms with van der Waals surface area (Å²) >= 11 is 1.93. The monoisotopic (exact) mass is 286 g/mol. The van der Waals surface area contributed by atoms with Crippen LogP contribution in [0.3, 0.4) is 0 Å². The molecule has 3 rings (SSSR count). The van der Waals surface area contributed by atoms with E-state index in [0.29, 0.717) is 11.5 Å². The topological polar surface area (TPSA) is 15.3 Å². The van der Waals surface area contributed by atoms with E-state index >= 15 is 0 Å². The minimum Gasteiger partial charge on any atom is -0.316 e. The highest BCUT2D eigenvalue weighted by Crippen LogP contribution is 2.36. The highest BCUT2D eigenvalue weighted by molar-refractivity contribution is 7.10. The first-order valence-electron chi connectivity index (χ1n) is 6.69. The summed E-state index contributed by atoms with van der Waals surface area (Å²) in [6.07, 6.45) is 2.58. The molecule has 0 saturated carbocycles. The van der Waals surface area contributed by atoms with E-state index in [4.69, 9.17) is 0 Å². The Kier molecular flexibility index (Phi) is 4.37. The lowest BCUT2D eigenvalue weighted by molar-refractivity contribution is 0.130. The molecular formula is C14H23ClN2S. The normalized spacial score (nSPS) is 32.0.